The van der Waals surface area contributed by atoms with Crippen molar-refractivity contribution >= 4 is 11.8 Å². The van der Waals surface area contributed by atoms with E-state index in [0.717, 1.165) is 16.8 Å². The number of hydrogen-bond acceptors (Lipinski definition) is 6. The Hall–Kier alpha value is -3.61. The number of allylic oxidation sites excluding steroid dienone is 3. The fourth-order valence-corrected chi connectivity index (χ4v) is 4.49. The molecule has 7 heteroatoms. The lowest BCUT2D eigenvalue weighted by atomic mass is 9.71. The third-order valence-corrected chi connectivity index (χ3v) is 6.08. The molecule has 0 aromatic heterocycles. The van der Waals surface area contributed by atoms with Gasteiger partial charge in [0.15, 0.2) is 11.5 Å². The zero-order chi connectivity index (χ0) is 23.5. The van der Waals surface area contributed by atoms with Gasteiger partial charge < -0.3 is 19.5 Å². The number of methoxy groups -OCH3 is 2. The average molecular weight is 451 g/mol. The van der Waals surface area contributed by atoms with Crippen LogP contribution in [0.1, 0.15) is 36.8 Å². The van der Waals surface area contributed by atoms with Crippen molar-refractivity contribution < 1.29 is 28.2 Å². The summed E-state index contributed by atoms with van der Waals surface area (Å²) in [7, 11) is 2.87. The monoisotopic (exact) mass is 451 g/mol. The number of esters is 1. The smallest absolute Gasteiger partial charge is 0.336 e. The minimum Gasteiger partial charge on any atom is -0.493 e. The number of ether oxygens (including phenoxy) is 3. The van der Waals surface area contributed by atoms with Gasteiger partial charge in [-0.15, -0.1) is 0 Å². The fourth-order valence-electron chi connectivity index (χ4n) is 4.49. The van der Waals surface area contributed by atoms with E-state index >= 15 is 0 Å². The Morgan fingerprint density at radius 3 is 2.55 bits per heavy atom. The number of Topliss-reactive ketones (excluding diaryl/α,β-unsaturated/α-hetero) is 1. The first-order valence-electron chi connectivity index (χ1n) is 10.8. The molecule has 0 bridgehead atoms. The van der Waals surface area contributed by atoms with E-state index in [1.807, 2.05) is 19.1 Å². The predicted octanol–water partition coefficient (Wildman–Crippen LogP) is 4.41. The van der Waals surface area contributed by atoms with Crippen molar-refractivity contribution in [1.29, 1.82) is 0 Å². The molecule has 4 rings (SSSR count). The molecular formula is C26H26FNO5. The van der Waals surface area contributed by atoms with Gasteiger partial charge in [-0.3, -0.25) is 4.79 Å². The second-order valence-corrected chi connectivity index (χ2v) is 8.10. The molecule has 1 aliphatic heterocycles. The Morgan fingerprint density at radius 2 is 1.85 bits per heavy atom. The van der Waals surface area contributed by atoms with Crippen LogP contribution in [0.15, 0.2) is 65.5 Å². The molecule has 2 atom stereocenters. The van der Waals surface area contributed by atoms with Crippen LogP contribution in [0.4, 0.5) is 4.39 Å². The Labute approximate surface area is 192 Å². The molecule has 2 unspecified atom stereocenters. The van der Waals surface area contributed by atoms with Crippen LogP contribution in [0.3, 0.4) is 0 Å². The standard InChI is InChI=1S/C26H26FNO5/c1-15-23(26(30)32-3)24(25-19(28-15)5-4-6-20(25)29)17-9-12-21(22(13-17)31-2)33-14-16-7-10-18(27)11-8-16/h5,7-13,24-25,28H,4,6,14H2,1-3H3. The molecule has 1 heterocycles. The maximum atomic E-state index is 13.1. The summed E-state index contributed by atoms with van der Waals surface area (Å²) < 4.78 is 29.7. The molecule has 1 N–H and O–H groups in total. The van der Waals surface area contributed by atoms with E-state index in [4.69, 9.17) is 14.2 Å². The molecule has 0 spiro atoms. The minimum atomic E-state index is -0.502. The van der Waals surface area contributed by atoms with Crippen LogP contribution in [-0.2, 0) is 20.9 Å². The van der Waals surface area contributed by atoms with Crippen molar-refractivity contribution in [2.75, 3.05) is 14.2 Å². The SMILES string of the molecule is COC(=O)C1=C(C)NC2=CCCC(=O)C2C1c1ccc(OCc2ccc(F)cc2)c(OC)c1. The Morgan fingerprint density at radius 1 is 1.09 bits per heavy atom. The van der Waals surface area contributed by atoms with Gasteiger partial charge in [0, 0.05) is 23.7 Å². The van der Waals surface area contributed by atoms with E-state index in [1.54, 1.807) is 24.3 Å². The summed E-state index contributed by atoms with van der Waals surface area (Å²) in [6, 6.07) is 11.5. The summed E-state index contributed by atoms with van der Waals surface area (Å²) >= 11 is 0. The first-order chi connectivity index (χ1) is 15.9. The van der Waals surface area contributed by atoms with E-state index in [1.165, 1.54) is 26.4 Å². The van der Waals surface area contributed by atoms with Crippen molar-refractivity contribution in [3.05, 3.63) is 82.5 Å². The Balaban J connectivity index is 1.70. The fraction of sp³-hybridized carbons (Fsp3) is 0.308. The summed E-state index contributed by atoms with van der Waals surface area (Å²) in [6.07, 6.45) is 3.12. The lowest BCUT2D eigenvalue weighted by molar-refractivity contribution is -0.136. The molecule has 0 fully saturated rings. The second-order valence-electron chi connectivity index (χ2n) is 8.10. The van der Waals surface area contributed by atoms with Gasteiger partial charge in [-0.05, 0) is 48.7 Å². The van der Waals surface area contributed by atoms with E-state index in [2.05, 4.69) is 5.32 Å². The van der Waals surface area contributed by atoms with Crippen LogP contribution in [0.2, 0.25) is 0 Å². The highest BCUT2D eigenvalue weighted by Gasteiger charge is 2.43. The molecule has 0 radical (unpaired) electrons. The summed E-state index contributed by atoms with van der Waals surface area (Å²) in [4.78, 5) is 25.7. The number of halogens is 1. The van der Waals surface area contributed by atoms with E-state index < -0.39 is 17.8 Å². The third kappa shape index (κ3) is 4.49. The van der Waals surface area contributed by atoms with Gasteiger partial charge in [0.2, 0.25) is 0 Å². The zero-order valence-electron chi connectivity index (χ0n) is 18.8. The molecular weight excluding hydrogens is 425 g/mol. The third-order valence-electron chi connectivity index (χ3n) is 6.08. The Kier molecular flexibility index (Phi) is 6.49. The number of fused-ring (bicyclic) bond motifs is 1. The molecule has 2 aromatic carbocycles. The molecule has 2 aromatic rings. The zero-order valence-corrected chi connectivity index (χ0v) is 18.8. The van der Waals surface area contributed by atoms with Crippen LogP contribution in [0, 0.1) is 11.7 Å². The van der Waals surface area contributed by atoms with Crippen molar-refractivity contribution in [2.24, 2.45) is 5.92 Å². The number of ketones is 1. The molecule has 0 saturated carbocycles. The van der Waals surface area contributed by atoms with Gasteiger partial charge >= 0.3 is 5.97 Å². The summed E-state index contributed by atoms with van der Waals surface area (Å²) in [5.41, 5.74) is 3.48. The Bertz CT molecular complexity index is 1140. The van der Waals surface area contributed by atoms with Crippen molar-refractivity contribution in [3.8, 4) is 11.5 Å². The summed E-state index contributed by atoms with van der Waals surface area (Å²) in [6.45, 7) is 2.05. The van der Waals surface area contributed by atoms with Crippen molar-refractivity contribution in [3.63, 3.8) is 0 Å². The highest BCUT2D eigenvalue weighted by molar-refractivity contribution is 5.96. The topological polar surface area (TPSA) is 73.9 Å². The molecule has 0 saturated heterocycles. The van der Waals surface area contributed by atoms with Gasteiger partial charge in [0.1, 0.15) is 18.2 Å². The molecule has 33 heavy (non-hydrogen) atoms. The van der Waals surface area contributed by atoms with Gasteiger partial charge in [-0.1, -0.05) is 24.3 Å². The average Bonchev–Trinajstić information content (AvgIpc) is 2.82. The van der Waals surface area contributed by atoms with Crippen LogP contribution >= 0.6 is 0 Å². The van der Waals surface area contributed by atoms with Gasteiger partial charge in [0.05, 0.1) is 25.7 Å². The quantitative estimate of drug-likeness (QED) is 0.656. The number of rotatable bonds is 6. The van der Waals surface area contributed by atoms with Gasteiger partial charge in [-0.2, -0.15) is 0 Å². The lowest BCUT2D eigenvalue weighted by Gasteiger charge is -2.38. The summed E-state index contributed by atoms with van der Waals surface area (Å²) in [5.74, 6) is -0.718. The van der Waals surface area contributed by atoms with E-state index in [-0.39, 0.29) is 18.2 Å². The van der Waals surface area contributed by atoms with E-state index in [0.29, 0.717) is 35.6 Å². The normalized spacial score (nSPS) is 19.9. The molecule has 0 amide bonds. The van der Waals surface area contributed by atoms with Crippen LogP contribution in [-0.4, -0.2) is 26.0 Å². The predicted molar refractivity (Wildman–Crippen MR) is 120 cm³/mol. The van der Waals surface area contributed by atoms with Crippen LogP contribution < -0.4 is 14.8 Å². The summed E-state index contributed by atoms with van der Waals surface area (Å²) in [5, 5.41) is 3.23. The second kappa shape index (κ2) is 9.48. The van der Waals surface area contributed by atoms with Gasteiger partial charge in [-0.25, -0.2) is 9.18 Å². The largest absolute Gasteiger partial charge is 0.493 e. The first-order valence-corrected chi connectivity index (χ1v) is 10.8. The molecule has 6 nitrogen and oxygen atoms in total. The maximum absolute atomic E-state index is 13.1. The van der Waals surface area contributed by atoms with Gasteiger partial charge in [0.25, 0.3) is 0 Å². The molecule has 172 valence electrons. The van der Waals surface area contributed by atoms with Crippen LogP contribution in [0.25, 0.3) is 0 Å². The maximum Gasteiger partial charge on any atom is 0.336 e. The first kappa shape index (κ1) is 22.6. The highest BCUT2D eigenvalue weighted by atomic mass is 19.1. The van der Waals surface area contributed by atoms with Crippen molar-refractivity contribution in [1.82, 2.24) is 5.32 Å². The van der Waals surface area contributed by atoms with E-state index in [9.17, 15) is 14.0 Å². The number of nitrogens with one attached hydrogen (secondary N) is 1. The highest BCUT2D eigenvalue weighted by Crippen LogP contribution is 2.45. The number of carbonyl (C=O) groups is 2. The number of carbonyl (C=O) groups excluding carboxylic acids is 2. The number of benzene rings is 2. The lowest BCUT2D eigenvalue weighted by Crippen LogP contribution is -2.40. The van der Waals surface area contributed by atoms with Crippen LogP contribution in [0.5, 0.6) is 11.5 Å². The molecule has 1 aliphatic carbocycles. The molecule has 2 aliphatic rings. The minimum absolute atomic E-state index is 0.0782. The number of hydrogen-bond donors (Lipinski definition) is 1. The van der Waals surface area contributed by atoms with Crippen molar-refractivity contribution in [2.45, 2.75) is 32.3 Å².